The van der Waals surface area contributed by atoms with Gasteiger partial charge in [0.1, 0.15) is 0 Å². The van der Waals surface area contributed by atoms with Crippen LogP contribution in [-0.4, -0.2) is 48.3 Å². The number of rotatable bonds is 7. The quantitative estimate of drug-likeness (QED) is 0.705. The minimum atomic E-state index is -0.0880. The topological polar surface area (TPSA) is 35.5 Å². The van der Waals surface area contributed by atoms with Gasteiger partial charge in [-0.2, -0.15) is 0 Å². The van der Waals surface area contributed by atoms with E-state index in [0.29, 0.717) is 0 Å². The predicted octanol–water partition coefficient (Wildman–Crippen LogP) is 2.78. The number of likely N-dealkylation sites (tertiary alicyclic amines) is 1. The first-order chi connectivity index (χ1) is 9.68. The monoisotopic (exact) mass is 282 g/mol. The maximum Gasteiger partial charge on any atom is 0.0610 e. The van der Waals surface area contributed by atoms with Crippen molar-refractivity contribution in [2.24, 2.45) is 5.92 Å². The number of aliphatic hydroxyl groups is 1. The zero-order chi connectivity index (χ0) is 14.4. The third kappa shape index (κ3) is 4.19. The van der Waals surface area contributed by atoms with E-state index >= 15 is 0 Å². The number of piperidine rings is 1. The summed E-state index contributed by atoms with van der Waals surface area (Å²) < 4.78 is 0. The molecule has 118 valence electrons. The standard InChI is InChI=1S/C17H34N2O/c1-17(14-20,18-2)11-5-6-12-19-13-7-9-15-8-3-4-10-16(15)19/h15-16,18,20H,3-14H2,1-2H3. The fourth-order valence-electron chi connectivity index (χ4n) is 4.12. The Balaban J connectivity index is 1.70. The number of fused-ring (bicyclic) bond motifs is 1. The number of aliphatic hydroxyl groups excluding tert-OH is 1. The highest BCUT2D eigenvalue weighted by molar-refractivity contribution is 4.87. The van der Waals surface area contributed by atoms with Crippen LogP contribution in [0.25, 0.3) is 0 Å². The van der Waals surface area contributed by atoms with Crippen molar-refractivity contribution in [2.75, 3.05) is 26.7 Å². The Kier molecular flexibility index (Phi) is 6.31. The van der Waals surface area contributed by atoms with Gasteiger partial charge in [-0.15, -0.1) is 0 Å². The summed E-state index contributed by atoms with van der Waals surface area (Å²) in [4.78, 5) is 2.78. The molecule has 1 aliphatic heterocycles. The second-order valence-electron chi connectivity index (χ2n) is 7.22. The summed E-state index contributed by atoms with van der Waals surface area (Å²) in [5, 5.41) is 12.7. The van der Waals surface area contributed by atoms with Gasteiger partial charge in [0.05, 0.1) is 6.61 Å². The number of nitrogens with one attached hydrogen (secondary N) is 1. The van der Waals surface area contributed by atoms with Crippen LogP contribution in [0.15, 0.2) is 0 Å². The molecule has 2 fully saturated rings. The van der Waals surface area contributed by atoms with Crippen molar-refractivity contribution in [2.45, 2.75) is 76.3 Å². The Morgan fingerprint density at radius 2 is 1.90 bits per heavy atom. The maximum atomic E-state index is 9.41. The summed E-state index contributed by atoms with van der Waals surface area (Å²) in [5.74, 6) is 0.998. The first kappa shape index (κ1) is 16.3. The third-order valence-corrected chi connectivity index (χ3v) is 5.73. The second-order valence-corrected chi connectivity index (χ2v) is 7.22. The van der Waals surface area contributed by atoms with Crippen LogP contribution in [0.5, 0.6) is 0 Å². The highest BCUT2D eigenvalue weighted by Gasteiger charge is 2.32. The van der Waals surface area contributed by atoms with Gasteiger partial charge in [-0.1, -0.05) is 19.3 Å². The molecule has 2 N–H and O–H groups in total. The van der Waals surface area contributed by atoms with Crippen LogP contribution < -0.4 is 5.32 Å². The Morgan fingerprint density at radius 1 is 1.15 bits per heavy atom. The fraction of sp³-hybridized carbons (Fsp3) is 1.00. The van der Waals surface area contributed by atoms with Gasteiger partial charge in [0, 0.05) is 11.6 Å². The van der Waals surface area contributed by atoms with E-state index in [1.54, 1.807) is 0 Å². The van der Waals surface area contributed by atoms with Crippen molar-refractivity contribution >= 4 is 0 Å². The lowest BCUT2D eigenvalue weighted by Crippen LogP contribution is -2.47. The molecule has 3 atom stereocenters. The zero-order valence-corrected chi connectivity index (χ0v) is 13.5. The number of likely N-dealkylation sites (N-methyl/N-ethyl adjacent to an activating group) is 1. The van der Waals surface area contributed by atoms with Gasteiger partial charge in [-0.25, -0.2) is 0 Å². The van der Waals surface area contributed by atoms with Crippen molar-refractivity contribution in [1.29, 1.82) is 0 Å². The molecule has 2 aliphatic rings. The Hall–Kier alpha value is -0.120. The molecule has 1 aliphatic carbocycles. The van der Waals surface area contributed by atoms with E-state index in [1.165, 1.54) is 64.5 Å². The van der Waals surface area contributed by atoms with Gasteiger partial charge in [-0.05, 0) is 71.5 Å². The molecule has 1 saturated carbocycles. The predicted molar refractivity (Wildman–Crippen MR) is 85.0 cm³/mol. The summed E-state index contributed by atoms with van der Waals surface area (Å²) in [6.07, 6.45) is 12.3. The van der Waals surface area contributed by atoms with Crippen LogP contribution in [-0.2, 0) is 0 Å². The van der Waals surface area contributed by atoms with Crippen LogP contribution in [0.3, 0.4) is 0 Å². The number of unbranched alkanes of at least 4 members (excludes halogenated alkanes) is 1. The van der Waals surface area contributed by atoms with E-state index in [1.807, 2.05) is 7.05 Å². The summed E-state index contributed by atoms with van der Waals surface area (Å²) in [5.41, 5.74) is -0.0880. The largest absolute Gasteiger partial charge is 0.394 e. The minimum Gasteiger partial charge on any atom is -0.394 e. The lowest BCUT2D eigenvalue weighted by Gasteiger charge is -2.44. The summed E-state index contributed by atoms with van der Waals surface area (Å²) >= 11 is 0. The molecule has 0 aromatic carbocycles. The normalized spacial score (nSPS) is 30.8. The Bertz CT molecular complexity index is 276. The molecule has 20 heavy (non-hydrogen) atoms. The smallest absolute Gasteiger partial charge is 0.0610 e. The minimum absolute atomic E-state index is 0.0880. The number of hydrogen-bond acceptors (Lipinski definition) is 3. The first-order valence-corrected chi connectivity index (χ1v) is 8.72. The molecule has 1 heterocycles. The highest BCUT2D eigenvalue weighted by Crippen LogP contribution is 2.35. The molecule has 0 amide bonds. The second kappa shape index (κ2) is 7.77. The van der Waals surface area contributed by atoms with Crippen molar-refractivity contribution < 1.29 is 5.11 Å². The summed E-state index contributed by atoms with van der Waals surface area (Å²) in [7, 11) is 1.95. The van der Waals surface area contributed by atoms with Crippen molar-refractivity contribution in [1.82, 2.24) is 10.2 Å². The third-order valence-electron chi connectivity index (χ3n) is 5.73. The molecule has 0 aromatic rings. The maximum absolute atomic E-state index is 9.41. The van der Waals surface area contributed by atoms with Crippen LogP contribution in [0.2, 0.25) is 0 Å². The molecule has 0 bridgehead atoms. The van der Waals surface area contributed by atoms with Crippen LogP contribution in [0, 0.1) is 5.92 Å². The van der Waals surface area contributed by atoms with E-state index in [-0.39, 0.29) is 12.1 Å². The average Bonchev–Trinajstić information content (AvgIpc) is 2.51. The van der Waals surface area contributed by atoms with E-state index in [4.69, 9.17) is 0 Å². The molecule has 0 spiro atoms. The summed E-state index contributed by atoms with van der Waals surface area (Å²) in [6, 6.07) is 0.894. The molecule has 2 rings (SSSR count). The van der Waals surface area contributed by atoms with Crippen LogP contribution in [0.1, 0.15) is 64.7 Å². The lowest BCUT2D eigenvalue weighted by molar-refractivity contribution is 0.0586. The van der Waals surface area contributed by atoms with Gasteiger partial charge >= 0.3 is 0 Å². The van der Waals surface area contributed by atoms with Crippen LogP contribution in [0.4, 0.5) is 0 Å². The van der Waals surface area contributed by atoms with Crippen molar-refractivity contribution in [3.8, 4) is 0 Å². The molecule has 3 heteroatoms. The molecular formula is C17H34N2O. The van der Waals surface area contributed by atoms with Crippen LogP contribution >= 0.6 is 0 Å². The van der Waals surface area contributed by atoms with Crippen molar-refractivity contribution in [3.05, 3.63) is 0 Å². The van der Waals surface area contributed by atoms with Gasteiger partial charge < -0.3 is 15.3 Å². The van der Waals surface area contributed by atoms with E-state index < -0.39 is 0 Å². The number of hydrogen-bond donors (Lipinski definition) is 2. The SMILES string of the molecule is CNC(C)(CO)CCCCN1CCCC2CCCCC21. The molecule has 3 unspecified atom stereocenters. The first-order valence-electron chi connectivity index (χ1n) is 8.72. The molecular weight excluding hydrogens is 248 g/mol. The van der Waals surface area contributed by atoms with Gasteiger partial charge in [0.2, 0.25) is 0 Å². The Labute approximate surface area is 125 Å². The lowest BCUT2D eigenvalue weighted by atomic mass is 9.78. The van der Waals surface area contributed by atoms with Gasteiger partial charge in [0.25, 0.3) is 0 Å². The molecule has 3 nitrogen and oxygen atoms in total. The fourth-order valence-corrected chi connectivity index (χ4v) is 4.12. The van der Waals surface area contributed by atoms with E-state index in [0.717, 1.165) is 18.4 Å². The number of nitrogens with zero attached hydrogens (tertiary/aromatic N) is 1. The molecule has 1 saturated heterocycles. The zero-order valence-electron chi connectivity index (χ0n) is 13.5. The molecule has 0 radical (unpaired) electrons. The van der Waals surface area contributed by atoms with Crippen molar-refractivity contribution in [3.63, 3.8) is 0 Å². The van der Waals surface area contributed by atoms with E-state index in [2.05, 4.69) is 17.1 Å². The summed E-state index contributed by atoms with van der Waals surface area (Å²) in [6.45, 7) is 4.94. The van der Waals surface area contributed by atoms with Gasteiger partial charge in [0.15, 0.2) is 0 Å². The highest BCUT2D eigenvalue weighted by atomic mass is 16.3. The average molecular weight is 282 g/mol. The van der Waals surface area contributed by atoms with E-state index in [9.17, 15) is 5.11 Å². The van der Waals surface area contributed by atoms with Gasteiger partial charge in [-0.3, -0.25) is 0 Å². The molecule has 0 aromatic heterocycles. The Morgan fingerprint density at radius 3 is 2.65 bits per heavy atom.